The Balaban J connectivity index is 1.84. The molecule has 22 heteroatoms. The zero-order chi connectivity index (χ0) is 38.9. The second-order valence-corrected chi connectivity index (χ2v) is 12.9. The lowest BCUT2D eigenvalue weighted by Crippen LogP contribution is -2.71. The summed E-state index contributed by atoms with van der Waals surface area (Å²) in [5, 5.41) is 110. The molecule has 0 bridgehead atoms. The molecule has 2 amide bonds. The van der Waals surface area contributed by atoms with Crippen molar-refractivity contribution in [1.29, 1.82) is 0 Å². The number of unbranched alkanes of at least 4 members (excludes halogenated alkanes) is 2. The van der Waals surface area contributed by atoms with Crippen molar-refractivity contribution < 1.29 is 93.9 Å². The number of amides is 2. The lowest BCUT2D eigenvalue weighted by molar-refractivity contribution is -0.381. The first-order valence-electron chi connectivity index (χ1n) is 16.9. The molecule has 16 atom stereocenters. The van der Waals surface area contributed by atoms with Gasteiger partial charge in [0.15, 0.2) is 12.6 Å². The Bertz CT molecular complexity index is 1160. The maximum Gasteiger partial charge on any atom is 0.364 e. The van der Waals surface area contributed by atoms with Gasteiger partial charge in [-0.1, -0.05) is 0 Å². The van der Waals surface area contributed by atoms with Crippen molar-refractivity contribution in [3.63, 3.8) is 0 Å². The first kappa shape index (κ1) is 44.2. The Morgan fingerprint density at radius 3 is 2.00 bits per heavy atom. The molecule has 3 heterocycles. The summed E-state index contributed by atoms with van der Waals surface area (Å²) in [5.41, 5.74) is 5.51. The van der Waals surface area contributed by atoms with E-state index in [1.807, 2.05) is 0 Å². The van der Waals surface area contributed by atoms with Crippen molar-refractivity contribution in [3.8, 4) is 0 Å². The van der Waals surface area contributed by atoms with Gasteiger partial charge in [-0.2, -0.15) is 0 Å². The zero-order valence-electron chi connectivity index (χ0n) is 28.7. The van der Waals surface area contributed by atoms with Gasteiger partial charge in [-0.15, -0.1) is 0 Å². The van der Waals surface area contributed by atoms with E-state index in [2.05, 4.69) is 10.6 Å². The zero-order valence-corrected chi connectivity index (χ0v) is 28.7. The van der Waals surface area contributed by atoms with Crippen molar-refractivity contribution in [2.75, 3.05) is 33.0 Å². The summed E-state index contributed by atoms with van der Waals surface area (Å²) in [6, 6.07) is -2.78. The lowest BCUT2D eigenvalue weighted by Gasteiger charge is -2.50. The smallest absolute Gasteiger partial charge is 0.364 e. The van der Waals surface area contributed by atoms with Crippen LogP contribution in [0.1, 0.15) is 39.5 Å². The Labute approximate surface area is 298 Å². The molecule has 3 rings (SSSR count). The number of nitrogens with one attached hydrogen (secondary N) is 2. The Morgan fingerprint density at radius 1 is 0.846 bits per heavy atom. The molecule has 3 aliphatic rings. The van der Waals surface area contributed by atoms with Gasteiger partial charge in [0.25, 0.3) is 5.79 Å². The molecule has 0 unspecified atom stereocenters. The van der Waals surface area contributed by atoms with Crippen LogP contribution in [0.2, 0.25) is 0 Å². The van der Waals surface area contributed by atoms with E-state index in [0.717, 1.165) is 19.8 Å². The number of carboxylic acid groups (broad SMARTS) is 1. The van der Waals surface area contributed by atoms with Gasteiger partial charge in [0.2, 0.25) is 11.8 Å². The number of aliphatic carboxylic acids is 1. The molecule has 3 aliphatic heterocycles. The molecule has 0 spiro atoms. The van der Waals surface area contributed by atoms with Gasteiger partial charge in [0.05, 0.1) is 32.0 Å². The number of ether oxygens (including phenoxy) is 6. The summed E-state index contributed by atoms with van der Waals surface area (Å²) in [5.74, 6) is -6.24. The lowest BCUT2D eigenvalue weighted by atomic mass is 9.88. The molecule has 3 saturated heterocycles. The number of aliphatic hydroxyl groups is 9. The van der Waals surface area contributed by atoms with E-state index in [4.69, 9.17) is 34.2 Å². The summed E-state index contributed by atoms with van der Waals surface area (Å²) in [4.78, 5) is 36.5. The molecule has 0 aliphatic carbocycles. The number of rotatable bonds is 18. The Kier molecular flexibility index (Phi) is 16.9. The molecule has 3 fully saturated rings. The molecule has 0 radical (unpaired) electrons. The van der Waals surface area contributed by atoms with Crippen molar-refractivity contribution in [2.24, 2.45) is 5.73 Å². The number of nitrogens with two attached hydrogens (primary N) is 1. The third kappa shape index (κ3) is 10.5. The number of hydrogen-bond acceptors (Lipinski definition) is 19. The second kappa shape index (κ2) is 19.9. The third-order valence-electron chi connectivity index (χ3n) is 8.98. The Morgan fingerprint density at radius 2 is 1.44 bits per heavy atom. The second-order valence-electron chi connectivity index (χ2n) is 12.9. The van der Waals surface area contributed by atoms with E-state index in [0.29, 0.717) is 13.0 Å². The van der Waals surface area contributed by atoms with Crippen LogP contribution >= 0.6 is 0 Å². The highest BCUT2D eigenvalue weighted by molar-refractivity contribution is 5.76. The summed E-state index contributed by atoms with van der Waals surface area (Å²) >= 11 is 0. The van der Waals surface area contributed by atoms with Crippen LogP contribution in [0.5, 0.6) is 0 Å². The summed E-state index contributed by atoms with van der Waals surface area (Å²) in [6.07, 6.45) is -22.4. The van der Waals surface area contributed by atoms with E-state index in [1.54, 1.807) is 0 Å². The third-order valence-corrected chi connectivity index (χ3v) is 8.98. The molecule has 0 aromatic carbocycles. The molecule has 302 valence electrons. The van der Waals surface area contributed by atoms with E-state index in [9.17, 15) is 65.4 Å². The number of carbonyl (C=O) groups excluding carboxylic acids is 2. The van der Waals surface area contributed by atoms with E-state index >= 15 is 0 Å². The molecule has 52 heavy (non-hydrogen) atoms. The highest BCUT2D eigenvalue weighted by atomic mass is 16.8. The fourth-order valence-electron chi connectivity index (χ4n) is 6.32. The molecular formula is C30H53N3O19. The highest BCUT2D eigenvalue weighted by Gasteiger charge is 2.60. The predicted molar refractivity (Wildman–Crippen MR) is 168 cm³/mol. The maximum absolute atomic E-state index is 12.7. The molecule has 0 saturated carbocycles. The maximum atomic E-state index is 12.7. The van der Waals surface area contributed by atoms with E-state index in [-0.39, 0.29) is 6.61 Å². The van der Waals surface area contributed by atoms with Crippen LogP contribution in [0.15, 0.2) is 0 Å². The van der Waals surface area contributed by atoms with E-state index in [1.165, 1.54) is 6.92 Å². The van der Waals surface area contributed by atoms with Gasteiger partial charge < -0.3 is 95.9 Å². The van der Waals surface area contributed by atoms with Gasteiger partial charge in [-0.05, 0) is 25.8 Å². The standard InChI is InChI=1S/C30H53N3O19/c1-12(37)32-18-14(39)8-30(29(45)46,52-26(18)20(41)15(40)9-34)51-25-17(11-36)49-28(23(44)22(25)43)50-24-16(10-35)48-27(47-7-5-3-4-6-31)19(21(24)42)33-13(2)38/h14-28,34-36,39-44H,3-11,31H2,1-2H3,(H,32,37)(H,33,38)(H,45,46)/t14-,15+,16+,17+,18+,19+,20+,21+,22+,23+,24-,25+,26+,27+,28-,30-/m0/s1. The largest absolute Gasteiger partial charge is 0.477 e. The molecule has 0 aromatic heterocycles. The van der Waals surface area contributed by atoms with Crippen LogP contribution < -0.4 is 16.4 Å². The van der Waals surface area contributed by atoms with Crippen molar-refractivity contribution >= 4 is 17.8 Å². The molecule has 0 aromatic rings. The SMILES string of the molecule is CC(=O)N[C@H]1[C@H](OCCCCCN)O[C@H](CO)[C@H](O[C@@H]2O[C@H](CO)[C@@H](O[C@@]3(C(=O)O)C[C@H](O)[C@@H](NC(C)=O)[C@H]([C@H](O)[C@H](O)CO)O3)[C@H](O)[C@H]2O)[C@@H]1O. The van der Waals surface area contributed by atoms with Gasteiger partial charge in [-0.3, -0.25) is 9.59 Å². The monoisotopic (exact) mass is 759 g/mol. The Hall–Kier alpha value is -2.23. The highest BCUT2D eigenvalue weighted by Crippen LogP contribution is 2.38. The molecule has 22 nitrogen and oxygen atoms in total. The topological polar surface area (TPSA) is 359 Å². The normalized spacial score (nSPS) is 39.3. The van der Waals surface area contributed by atoms with Crippen LogP contribution in [0.25, 0.3) is 0 Å². The van der Waals surface area contributed by atoms with Crippen LogP contribution in [0.4, 0.5) is 0 Å². The van der Waals surface area contributed by atoms with Gasteiger partial charge in [0.1, 0.15) is 67.1 Å². The van der Waals surface area contributed by atoms with Crippen LogP contribution in [-0.4, -0.2) is 199 Å². The van der Waals surface area contributed by atoms with Crippen LogP contribution in [-0.2, 0) is 42.8 Å². The fourth-order valence-corrected chi connectivity index (χ4v) is 6.32. The molecule has 14 N–H and O–H groups in total. The van der Waals surface area contributed by atoms with Crippen LogP contribution in [0, 0.1) is 0 Å². The minimum Gasteiger partial charge on any atom is -0.477 e. The number of hydrogen-bond donors (Lipinski definition) is 13. The van der Waals surface area contributed by atoms with Gasteiger partial charge in [-0.25, -0.2) is 4.79 Å². The number of carbonyl (C=O) groups is 3. The van der Waals surface area contributed by atoms with Crippen LogP contribution in [0.3, 0.4) is 0 Å². The minimum absolute atomic E-state index is 0.154. The minimum atomic E-state index is -2.98. The van der Waals surface area contributed by atoms with Crippen molar-refractivity contribution in [2.45, 2.75) is 137 Å². The van der Waals surface area contributed by atoms with Gasteiger partial charge >= 0.3 is 5.97 Å². The van der Waals surface area contributed by atoms with Crippen molar-refractivity contribution in [3.05, 3.63) is 0 Å². The predicted octanol–water partition coefficient (Wildman–Crippen LogP) is -6.93. The first-order chi connectivity index (χ1) is 24.5. The average molecular weight is 760 g/mol. The quantitative estimate of drug-likeness (QED) is 0.0577. The van der Waals surface area contributed by atoms with E-state index < -0.39 is 142 Å². The van der Waals surface area contributed by atoms with Gasteiger partial charge in [0, 0.05) is 26.9 Å². The average Bonchev–Trinajstić information content (AvgIpc) is 3.09. The summed E-state index contributed by atoms with van der Waals surface area (Å²) in [6.45, 7) is 0.0405. The number of carboxylic acids is 1. The summed E-state index contributed by atoms with van der Waals surface area (Å²) < 4.78 is 34.2. The number of aliphatic hydroxyl groups excluding tert-OH is 9. The van der Waals surface area contributed by atoms with Crippen molar-refractivity contribution in [1.82, 2.24) is 10.6 Å². The summed E-state index contributed by atoms with van der Waals surface area (Å²) in [7, 11) is 0. The molecular weight excluding hydrogens is 706 g/mol. The first-order valence-corrected chi connectivity index (χ1v) is 16.9. The fraction of sp³-hybridized carbons (Fsp3) is 0.900.